The first-order valence-electron chi connectivity index (χ1n) is 6.57. The molecule has 0 aromatic heterocycles. The van der Waals surface area contributed by atoms with Crippen LogP contribution >= 0.6 is 38.5 Å². The van der Waals surface area contributed by atoms with E-state index in [0.717, 1.165) is 24.9 Å². The predicted octanol–water partition coefficient (Wildman–Crippen LogP) is 4.52. The summed E-state index contributed by atoms with van der Waals surface area (Å²) in [6.07, 6.45) is 0. The smallest absolute Gasteiger partial charge is 0.174 e. The maximum absolute atomic E-state index is 9.28. The van der Waals surface area contributed by atoms with Crippen molar-refractivity contribution < 1.29 is 14.6 Å². The first-order chi connectivity index (χ1) is 10.1. The Morgan fingerprint density at radius 2 is 1.95 bits per heavy atom. The van der Waals surface area contributed by atoms with E-state index in [0.29, 0.717) is 19.0 Å². The molecular weight excluding hydrogens is 447 g/mol. The molecule has 0 bridgehead atoms. The maximum atomic E-state index is 9.28. The number of halogens is 2. The van der Waals surface area contributed by atoms with Gasteiger partial charge in [-0.25, -0.2) is 0 Å². The fourth-order valence-corrected chi connectivity index (χ4v) is 3.17. The number of benzene rings is 2. The van der Waals surface area contributed by atoms with Crippen LogP contribution in [0, 0.1) is 3.57 Å². The minimum absolute atomic E-state index is 0.0119. The topological polar surface area (TPSA) is 38.7 Å². The van der Waals surface area contributed by atoms with Gasteiger partial charge in [-0.2, -0.15) is 0 Å². The van der Waals surface area contributed by atoms with Crippen molar-refractivity contribution >= 4 is 38.5 Å². The number of aliphatic hydroxyl groups is 1. The van der Waals surface area contributed by atoms with Gasteiger partial charge in [-0.05, 0) is 64.9 Å². The largest absolute Gasteiger partial charge is 0.490 e. The summed E-state index contributed by atoms with van der Waals surface area (Å²) >= 11 is 5.65. The number of aliphatic hydroxyl groups excluding tert-OH is 1. The van der Waals surface area contributed by atoms with Gasteiger partial charge in [-0.1, -0.05) is 28.1 Å². The zero-order valence-electron chi connectivity index (χ0n) is 11.6. The van der Waals surface area contributed by atoms with E-state index < -0.39 is 0 Å². The molecule has 21 heavy (non-hydrogen) atoms. The molecule has 0 amide bonds. The molecule has 0 radical (unpaired) electrons. The second kappa shape index (κ2) is 8.00. The molecule has 2 aromatic rings. The second-order valence-electron chi connectivity index (χ2n) is 4.41. The number of hydrogen-bond acceptors (Lipinski definition) is 3. The summed E-state index contributed by atoms with van der Waals surface area (Å²) in [5, 5.41) is 9.28. The minimum atomic E-state index is -0.0119. The average molecular weight is 463 g/mol. The summed E-state index contributed by atoms with van der Waals surface area (Å²) in [6, 6.07) is 11.7. The Morgan fingerprint density at radius 1 is 1.14 bits per heavy atom. The maximum Gasteiger partial charge on any atom is 0.174 e. The zero-order chi connectivity index (χ0) is 15.2. The standard InChI is InChI=1S/C16H16BrIO3/c1-2-20-15-8-12(9-19)7-14(18)16(15)21-10-11-4-3-5-13(17)6-11/h3-8,19H,2,9-10H2,1H3. The van der Waals surface area contributed by atoms with Gasteiger partial charge >= 0.3 is 0 Å². The third-order valence-corrected chi connectivity index (χ3v) is 4.12. The summed E-state index contributed by atoms with van der Waals surface area (Å²) in [5.41, 5.74) is 1.89. The molecule has 0 atom stereocenters. The molecule has 0 saturated carbocycles. The van der Waals surface area contributed by atoms with Crippen LogP contribution in [0.4, 0.5) is 0 Å². The van der Waals surface area contributed by atoms with Crippen molar-refractivity contribution in [1.29, 1.82) is 0 Å². The lowest BCUT2D eigenvalue weighted by Crippen LogP contribution is -2.02. The number of hydrogen-bond donors (Lipinski definition) is 1. The van der Waals surface area contributed by atoms with E-state index in [1.807, 2.05) is 43.3 Å². The highest BCUT2D eigenvalue weighted by molar-refractivity contribution is 14.1. The van der Waals surface area contributed by atoms with Crippen molar-refractivity contribution in [3.05, 3.63) is 55.6 Å². The van der Waals surface area contributed by atoms with Gasteiger partial charge in [0.15, 0.2) is 11.5 Å². The molecule has 1 N–H and O–H groups in total. The lowest BCUT2D eigenvalue weighted by molar-refractivity contribution is 0.262. The molecule has 2 rings (SSSR count). The predicted molar refractivity (Wildman–Crippen MR) is 94.7 cm³/mol. The fourth-order valence-electron chi connectivity index (χ4n) is 1.90. The van der Waals surface area contributed by atoms with Gasteiger partial charge < -0.3 is 14.6 Å². The Morgan fingerprint density at radius 3 is 2.62 bits per heavy atom. The van der Waals surface area contributed by atoms with E-state index in [1.165, 1.54) is 0 Å². The van der Waals surface area contributed by atoms with Gasteiger partial charge in [0.1, 0.15) is 6.61 Å². The Kier molecular flexibility index (Phi) is 6.32. The van der Waals surface area contributed by atoms with Crippen molar-refractivity contribution in [3.8, 4) is 11.5 Å². The van der Waals surface area contributed by atoms with E-state index in [4.69, 9.17) is 9.47 Å². The van der Waals surface area contributed by atoms with Crippen LogP contribution in [0.2, 0.25) is 0 Å². The molecule has 0 heterocycles. The lowest BCUT2D eigenvalue weighted by Gasteiger charge is -2.15. The van der Waals surface area contributed by atoms with Gasteiger partial charge in [-0.15, -0.1) is 0 Å². The van der Waals surface area contributed by atoms with Crippen molar-refractivity contribution in [2.24, 2.45) is 0 Å². The van der Waals surface area contributed by atoms with Gasteiger partial charge in [0, 0.05) is 4.47 Å². The highest BCUT2D eigenvalue weighted by Gasteiger charge is 2.12. The molecule has 0 aliphatic heterocycles. The Bertz CT molecular complexity index is 616. The Labute approximate surface area is 146 Å². The summed E-state index contributed by atoms with van der Waals surface area (Å²) in [5.74, 6) is 1.39. The molecule has 5 heteroatoms. The molecule has 0 aliphatic rings. The summed E-state index contributed by atoms with van der Waals surface area (Å²) in [6.45, 7) is 2.94. The fraction of sp³-hybridized carbons (Fsp3) is 0.250. The summed E-state index contributed by atoms with van der Waals surface area (Å²) < 4.78 is 13.5. The highest BCUT2D eigenvalue weighted by Crippen LogP contribution is 2.35. The van der Waals surface area contributed by atoms with Crippen LogP contribution in [0.15, 0.2) is 40.9 Å². The average Bonchev–Trinajstić information content (AvgIpc) is 2.46. The quantitative estimate of drug-likeness (QED) is 0.641. The monoisotopic (exact) mass is 462 g/mol. The van der Waals surface area contributed by atoms with Gasteiger partial charge in [0.2, 0.25) is 0 Å². The Balaban J connectivity index is 2.22. The van der Waals surface area contributed by atoms with Crippen LogP contribution in [0.3, 0.4) is 0 Å². The first-order valence-corrected chi connectivity index (χ1v) is 8.44. The zero-order valence-corrected chi connectivity index (χ0v) is 15.3. The molecule has 2 aromatic carbocycles. The van der Waals surface area contributed by atoms with E-state index >= 15 is 0 Å². The van der Waals surface area contributed by atoms with Crippen LogP contribution < -0.4 is 9.47 Å². The third kappa shape index (κ3) is 4.59. The van der Waals surface area contributed by atoms with Crippen LogP contribution in [0.25, 0.3) is 0 Å². The van der Waals surface area contributed by atoms with Crippen LogP contribution in [0.1, 0.15) is 18.1 Å². The second-order valence-corrected chi connectivity index (χ2v) is 6.49. The molecular formula is C16H16BrIO3. The molecule has 112 valence electrons. The van der Waals surface area contributed by atoms with Crippen molar-refractivity contribution in [2.75, 3.05) is 6.61 Å². The van der Waals surface area contributed by atoms with E-state index in [2.05, 4.69) is 38.5 Å². The van der Waals surface area contributed by atoms with E-state index in [9.17, 15) is 5.11 Å². The molecule has 3 nitrogen and oxygen atoms in total. The number of ether oxygens (including phenoxy) is 2. The minimum Gasteiger partial charge on any atom is -0.490 e. The molecule has 0 spiro atoms. The van der Waals surface area contributed by atoms with Gasteiger partial charge in [-0.3, -0.25) is 0 Å². The normalized spacial score (nSPS) is 10.5. The molecule has 0 fully saturated rings. The third-order valence-electron chi connectivity index (χ3n) is 2.82. The summed E-state index contributed by atoms with van der Waals surface area (Å²) in [4.78, 5) is 0. The Hall–Kier alpha value is -0.790. The van der Waals surface area contributed by atoms with Crippen LogP contribution in [0.5, 0.6) is 11.5 Å². The van der Waals surface area contributed by atoms with Crippen molar-refractivity contribution in [2.45, 2.75) is 20.1 Å². The van der Waals surface area contributed by atoms with E-state index in [1.54, 1.807) is 0 Å². The van der Waals surface area contributed by atoms with Crippen molar-refractivity contribution in [3.63, 3.8) is 0 Å². The number of rotatable bonds is 6. The highest BCUT2D eigenvalue weighted by atomic mass is 127. The van der Waals surface area contributed by atoms with Crippen LogP contribution in [-0.4, -0.2) is 11.7 Å². The molecule has 0 aliphatic carbocycles. The van der Waals surface area contributed by atoms with Gasteiger partial charge in [0.25, 0.3) is 0 Å². The van der Waals surface area contributed by atoms with E-state index in [-0.39, 0.29) is 6.61 Å². The molecule has 0 unspecified atom stereocenters. The molecule has 0 saturated heterocycles. The van der Waals surface area contributed by atoms with Crippen molar-refractivity contribution in [1.82, 2.24) is 0 Å². The SMILES string of the molecule is CCOc1cc(CO)cc(I)c1OCc1cccc(Br)c1. The van der Waals surface area contributed by atoms with Crippen LogP contribution in [-0.2, 0) is 13.2 Å². The lowest BCUT2D eigenvalue weighted by atomic mass is 10.2. The van der Waals surface area contributed by atoms with Gasteiger partial charge in [0.05, 0.1) is 16.8 Å². The summed E-state index contributed by atoms with van der Waals surface area (Å²) in [7, 11) is 0. The first kappa shape index (κ1) is 16.6.